The lowest BCUT2D eigenvalue weighted by atomic mass is 9.99. The van der Waals surface area contributed by atoms with Gasteiger partial charge in [-0.3, -0.25) is 4.79 Å². The van der Waals surface area contributed by atoms with Gasteiger partial charge in [0.1, 0.15) is 19.3 Å². The fraction of sp³-hybridized carbons (Fsp3) is 0.467. The molecule has 21 heavy (non-hydrogen) atoms. The molecule has 6 nitrogen and oxygen atoms in total. The van der Waals surface area contributed by atoms with E-state index in [9.17, 15) is 14.7 Å². The van der Waals surface area contributed by atoms with E-state index in [4.69, 9.17) is 9.47 Å². The Balaban J connectivity index is 2.22. The molecule has 0 radical (unpaired) electrons. The fourth-order valence-electron chi connectivity index (χ4n) is 2.15. The van der Waals surface area contributed by atoms with Crippen LogP contribution < -0.4 is 14.8 Å². The number of aliphatic carboxylic acids is 1. The molecule has 1 amide bonds. The largest absolute Gasteiger partial charge is 0.486 e. The molecule has 114 valence electrons. The molecule has 1 aliphatic heterocycles. The van der Waals surface area contributed by atoms with Crippen LogP contribution in [0.5, 0.6) is 11.5 Å². The van der Waals surface area contributed by atoms with Crippen LogP contribution in [0, 0.1) is 5.92 Å². The molecule has 0 spiro atoms. The molecule has 2 N–H and O–H groups in total. The summed E-state index contributed by atoms with van der Waals surface area (Å²) in [7, 11) is 0. The molecule has 0 unspecified atom stereocenters. The van der Waals surface area contributed by atoms with Gasteiger partial charge in [-0.1, -0.05) is 26.3 Å². The number of benzene rings is 1. The van der Waals surface area contributed by atoms with Crippen molar-refractivity contribution >= 4 is 11.9 Å². The van der Waals surface area contributed by atoms with Crippen molar-refractivity contribution in [3.8, 4) is 11.5 Å². The quantitative estimate of drug-likeness (QED) is 0.863. The summed E-state index contributed by atoms with van der Waals surface area (Å²) in [6.07, 6.45) is 0.657. The highest BCUT2D eigenvalue weighted by Gasteiger charge is 2.28. The Morgan fingerprint density at radius 1 is 1.33 bits per heavy atom. The second kappa shape index (κ2) is 6.47. The minimum atomic E-state index is -1.04. The van der Waals surface area contributed by atoms with Crippen LogP contribution in [0.2, 0.25) is 0 Å². The van der Waals surface area contributed by atoms with Crippen LogP contribution in [0.15, 0.2) is 18.2 Å². The van der Waals surface area contributed by atoms with E-state index in [0.29, 0.717) is 36.7 Å². The van der Waals surface area contributed by atoms with E-state index in [1.807, 2.05) is 6.92 Å². The Kier molecular flexibility index (Phi) is 4.67. The van der Waals surface area contributed by atoms with Crippen LogP contribution in [0.1, 0.15) is 30.6 Å². The smallest absolute Gasteiger partial charge is 0.326 e. The van der Waals surface area contributed by atoms with Crippen molar-refractivity contribution in [2.75, 3.05) is 13.2 Å². The topological polar surface area (TPSA) is 84.9 Å². The number of carboxylic acid groups (broad SMARTS) is 1. The highest BCUT2D eigenvalue weighted by Crippen LogP contribution is 2.33. The average Bonchev–Trinajstić information content (AvgIpc) is 2.50. The maximum atomic E-state index is 12.3. The van der Waals surface area contributed by atoms with Gasteiger partial charge in [0.25, 0.3) is 5.91 Å². The lowest BCUT2D eigenvalue weighted by molar-refractivity contribution is -0.140. The van der Waals surface area contributed by atoms with Gasteiger partial charge in [0.2, 0.25) is 0 Å². The summed E-state index contributed by atoms with van der Waals surface area (Å²) in [4.78, 5) is 23.6. The van der Waals surface area contributed by atoms with Gasteiger partial charge in [0.15, 0.2) is 11.5 Å². The molecule has 0 aromatic heterocycles. The zero-order valence-electron chi connectivity index (χ0n) is 12.1. The number of carbonyl (C=O) groups excluding carboxylic acids is 1. The number of hydrogen-bond acceptors (Lipinski definition) is 4. The van der Waals surface area contributed by atoms with Crippen LogP contribution >= 0.6 is 0 Å². The minimum Gasteiger partial charge on any atom is -0.486 e. The molecule has 1 aliphatic rings. The van der Waals surface area contributed by atoms with Crippen LogP contribution in [-0.4, -0.2) is 36.2 Å². The van der Waals surface area contributed by atoms with Crippen LogP contribution in [0.25, 0.3) is 0 Å². The Hall–Kier alpha value is -2.24. The first-order valence-electron chi connectivity index (χ1n) is 6.96. The molecule has 0 aliphatic carbocycles. The number of ether oxygens (including phenoxy) is 2. The molecule has 1 aromatic carbocycles. The van der Waals surface area contributed by atoms with Crippen molar-refractivity contribution < 1.29 is 24.2 Å². The summed E-state index contributed by atoms with van der Waals surface area (Å²) >= 11 is 0. The Morgan fingerprint density at radius 3 is 2.71 bits per heavy atom. The Labute approximate surface area is 123 Å². The first kappa shape index (κ1) is 15.2. The summed E-state index contributed by atoms with van der Waals surface area (Å²) in [5.74, 6) is -0.799. The van der Waals surface area contributed by atoms with Gasteiger partial charge in [-0.05, 0) is 18.1 Å². The van der Waals surface area contributed by atoms with Crippen LogP contribution in [0.3, 0.4) is 0 Å². The first-order valence-corrected chi connectivity index (χ1v) is 6.96. The van der Waals surface area contributed by atoms with E-state index >= 15 is 0 Å². The Morgan fingerprint density at radius 2 is 2.05 bits per heavy atom. The summed E-state index contributed by atoms with van der Waals surface area (Å²) in [6, 6.07) is 4.07. The molecule has 1 heterocycles. The molecule has 2 atom stereocenters. The summed E-state index contributed by atoms with van der Waals surface area (Å²) < 4.78 is 10.9. The third-order valence-corrected chi connectivity index (χ3v) is 3.58. The number of para-hydroxylation sites is 1. The number of rotatable bonds is 5. The molecule has 0 bridgehead atoms. The number of carbonyl (C=O) groups is 2. The Bertz CT molecular complexity index is 543. The van der Waals surface area contributed by atoms with Crippen molar-refractivity contribution in [3.05, 3.63) is 23.8 Å². The van der Waals surface area contributed by atoms with E-state index in [2.05, 4.69) is 5.32 Å². The van der Waals surface area contributed by atoms with Gasteiger partial charge < -0.3 is 19.9 Å². The van der Waals surface area contributed by atoms with Gasteiger partial charge in [0, 0.05) is 0 Å². The van der Waals surface area contributed by atoms with Crippen molar-refractivity contribution in [1.82, 2.24) is 5.32 Å². The van der Waals surface area contributed by atoms with Crippen molar-refractivity contribution in [2.24, 2.45) is 5.92 Å². The maximum absolute atomic E-state index is 12.3. The standard InChI is InChI=1S/C15H19NO5/c1-3-9(2)12(15(18)19)16-14(17)10-5-4-6-11-13(10)21-8-7-20-11/h4-6,9,12H,3,7-8H2,1-2H3,(H,16,17)(H,18,19)/t9-,12-/m0/s1. The van der Waals surface area contributed by atoms with Crippen molar-refractivity contribution in [1.29, 1.82) is 0 Å². The molecule has 0 fully saturated rings. The molecule has 1 aromatic rings. The third kappa shape index (κ3) is 3.26. The summed E-state index contributed by atoms with van der Waals surface area (Å²) in [5, 5.41) is 11.8. The molecule has 6 heteroatoms. The van der Waals surface area contributed by atoms with Crippen molar-refractivity contribution in [3.63, 3.8) is 0 Å². The summed E-state index contributed by atoms with van der Waals surface area (Å²) in [5.41, 5.74) is 0.293. The van der Waals surface area contributed by atoms with E-state index < -0.39 is 17.9 Å². The number of nitrogens with one attached hydrogen (secondary N) is 1. The van der Waals surface area contributed by atoms with E-state index in [0.717, 1.165) is 0 Å². The molecular weight excluding hydrogens is 274 g/mol. The normalized spacial score (nSPS) is 15.9. The maximum Gasteiger partial charge on any atom is 0.326 e. The lowest BCUT2D eigenvalue weighted by Crippen LogP contribution is -2.45. The van der Waals surface area contributed by atoms with E-state index in [1.165, 1.54) is 0 Å². The van der Waals surface area contributed by atoms with Gasteiger partial charge >= 0.3 is 5.97 Å². The van der Waals surface area contributed by atoms with Gasteiger partial charge in [-0.2, -0.15) is 0 Å². The van der Waals surface area contributed by atoms with Gasteiger partial charge in [0.05, 0.1) is 5.56 Å². The molecule has 0 saturated carbocycles. The molecular formula is C15H19NO5. The van der Waals surface area contributed by atoms with E-state index in [-0.39, 0.29) is 5.92 Å². The summed E-state index contributed by atoms with van der Waals surface area (Å²) in [6.45, 7) is 4.47. The van der Waals surface area contributed by atoms with E-state index in [1.54, 1.807) is 25.1 Å². The number of amides is 1. The first-order chi connectivity index (χ1) is 10.0. The highest BCUT2D eigenvalue weighted by molar-refractivity contribution is 5.99. The lowest BCUT2D eigenvalue weighted by Gasteiger charge is -2.23. The second-order valence-electron chi connectivity index (χ2n) is 5.00. The SMILES string of the molecule is CC[C@H](C)[C@H](NC(=O)c1cccc2c1OCCO2)C(=O)O. The van der Waals surface area contributed by atoms with Crippen LogP contribution in [0.4, 0.5) is 0 Å². The van der Waals surface area contributed by atoms with Gasteiger partial charge in [-0.15, -0.1) is 0 Å². The minimum absolute atomic E-state index is 0.164. The average molecular weight is 293 g/mol. The predicted molar refractivity (Wildman–Crippen MR) is 75.8 cm³/mol. The van der Waals surface area contributed by atoms with Gasteiger partial charge in [-0.25, -0.2) is 4.79 Å². The molecule has 0 saturated heterocycles. The van der Waals surface area contributed by atoms with Crippen molar-refractivity contribution in [2.45, 2.75) is 26.3 Å². The monoisotopic (exact) mass is 293 g/mol. The highest BCUT2D eigenvalue weighted by atomic mass is 16.6. The predicted octanol–water partition coefficient (Wildman–Crippen LogP) is 1.69. The second-order valence-corrected chi connectivity index (χ2v) is 5.00. The fourth-order valence-corrected chi connectivity index (χ4v) is 2.15. The number of hydrogen-bond donors (Lipinski definition) is 2. The zero-order chi connectivity index (χ0) is 15.4. The van der Waals surface area contributed by atoms with Crippen LogP contribution in [-0.2, 0) is 4.79 Å². The number of carboxylic acids is 1. The third-order valence-electron chi connectivity index (χ3n) is 3.58. The number of fused-ring (bicyclic) bond motifs is 1. The zero-order valence-corrected chi connectivity index (χ0v) is 12.1. The molecule has 2 rings (SSSR count).